The van der Waals surface area contributed by atoms with Crippen LogP contribution in [0.15, 0.2) is 0 Å². The fourth-order valence-corrected chi connectivity index (χ4v) is 1.07. The van der Waals surface area contributed by atoms with Crippen LogP contribution in [0.4, 0.5) is 0 Å². The lowest BCUT2D eigenvalue weighted by molar-refractivity contribution is 0.530. The van der Waals surface area contributed by atoms with Crippen molar-refractivity contribution < 1.29 is 0 Å². The first kappa shape index (κ1) is 5.06. The van der Waals surface area contributed by atoms with Crippen LogP contribution in [0, 0.1) is 0 Å². The molecule has 0 aromatic carbocycles. The monoisotopic (exact) mass is 99.1 g/mol. The van der Waals surface area contributed by atoms with Crippen LogP contribution >= 0.6 is 0 Å². The molecule has 2 heteroatoms. The highest BCUT2D eigenvalue weighted by molar-refractivity contribution is 4.69. The Balaban J connectivity index is 2.14. The summed E-state index contributed by atoms with van der Waals surface area (Å²) in [5, 5.41) is 0. The van der Waals surface area contributed by atoms with E-state index in [-0.39, 0.29) is 0 Å². The van der Waals surface area contributed by atoms with Crippen molar-refractivity contribution in [3.05, 3.63) is 0 Å². The summed E-state index contributed by atoms with van der Waals surface area (Å²) in [7, 11) is 0. The second-order valence-corrected chi connectivity index (χ2v) is 2.13. The normalized spacial score (nSPS) is 23.6. The first-order valence-corrected chi connectivity index (χ1v) is 2.86. The van der Waals surface area contributed by atoms with Gasteiger partial charge in [0.2, 0.25) is 0 Å². The van der Waals surface area contributed by atoms with E-state index in [1.165, 1.54) is 25.7 Å². The van der Waals surface area contributed by atoms with Gasteiger partial charge >= 0.3 is 0 Å². The predicted octanol–water partition coefficient (Wildman–Crippen LogP) is 0.716. The summed E-state index contributed by atoms with van der Waals surface area (Å²) in [4.78, 5) is 0. The Morgan fingerprint density at radius 1 is 1.29 bits per heavy atom. The Kier molecular flexibility index (Phi) is 1.65. The molecule has 0 aromatic heterocycles. The van der Waals surface area contributed by atoms with Crippen LogP contribution in [0.5, 0.6) is 0 Å². The van der Waals surface area contributed by atoms with E-state index in [1.54, 1.807) is 0 Å². The van der Waals surface area contributed by atoms with Gasteiger partial charge in [-0.25, -0.2) is 5.43 Å². The Morgan fingerprint density at radius 2 is 1.86 bits per heavy atom. The van der Waals surface area contributed by atoms with Crippen molar-refractivity contribution in [3.8, 4) is 0 Å². The molecule has 1 fully saturated rings. The van der Waals surface area contributed by atoms with Gasteiger partial charge in [0.05, 0.1) is 0 Å². The van der Waals surface area contributed by atoms with Gasteiger partial charge < -0.3 is 0 Å². The maximum Gasteiger partial charge on any atom is 0.0226 e. The molecule has 0 atom stereocenters. The molecular weight excluding hydrogens is 88.1 g/mol. The lowest BCUT2D eigenvalue weighted by Crippen LogP contribution is -2.23. The summed E-state index contributed by atoms with van der Waals surface area (Å²) in [6, 6.07) is 0.514. The highest BCUT2D eigenvalue weighted by Gasteiger charge is 2.11. The standard InChI is InChI=1S/C5H11N2/c6-7-5-3-1-2-4-5/h5-7H,1-4H2. The van der Waals surface area contributed by atoms with Crippen LogP contribution in [0.2, 0.25) is 0 Å². The largest absolute Gasteiger partial charge is 0.240 e. The molecule has 0 unspecified atom stereocenters. The number of nitrogens with one attached hydrogen (secondary N) is 2. The summed E-state index contributed by atoms with van der Waals surface area (Å²) in [5.74, 6) is 6.75. The SMILES string of the molecule is [NH]NC1CCCC1. The molecule has 2 N–H and O–H groups in total. The Bertz CT molecular complexity index is 48.0. The van der Waals surface area contributed by atoms with Crippen molar-refractivity contribution in [2.75, 3.05) is 0 Å². The maximum absolute atomic E-state index is 6.75. The van der Waals surface area contributed by atoms with Gasteiger partial charge in [-0.05, 0) is 12.8 Å². The summed E-state index contributed by atoms with van der Waals surface area (Å²) in [6.45, 7) is 0. The second-order valence-electron chi connectivity index (χ2n) is 2.13. The van der Waals surface area contributed by atoms with Crippen molar-refractivity contribution in [2.45, 2.75) is 31.7 Å². The van der Waals surface area contributed by atoms with E-state index >= 15 is 0 Å². The fourth-order valence-electron chi connectivity index (χ4n) is 1.07. The van der Waals surface area contributed by atoms with E-state index in [0.29, 0.717) is 6.04 Å². The minimum absolute atomic E-state index is 0.514. The van der Waals surface area contributed by atoms with Crippen LogP contribution in [0.25, 0.3) is 0 Å². The van der Waals surface area contributed by atoms with Crippen LogP contribution in [-0.2, 0) is 0 Å². The minimum atomic E-state index is 0.514. The van der Waals surface area contributed by atoms with Gasteiger partial charge in [0.15, 0.2) is 0 Å². The van der Waals surface area contributed by atoms with E-state index in [1.807, 2.05) is 0 Å². The van der Waals surface area contributed by atoms with Gasteiger partial charge in [0.25, 0.3) is 0 Å². The van der Waals surface area contributed by atoms with Crippen LogP contribution in [0.3, 0.4) is 0 Å². The van der Waals surface area contributed by atoms with Gasteiger partial charge in [0, 0.05) is 6.04 Å². The molecule has 1 saturated carbocycles. The van der Waals surface area contributed by atoms with E-state index in [9.17, 15) is 0 Å². The summed E-state index contributed by atoms with van der Waals surface area (Å²) < 4.78 is 0. The first-order chi connectivity index (χ1) is 3.43. The van der Waals surface area contributed by atoms with Crippen molar-refractivity contribution >= 4 is 0 Å². The first-order valence-electron chi connectivity index (χ1n) is 2.86. The zero-order chi connectivity index (χ0) is 5.11. The van der Waals surface area contributed by atoms with E-state index < -0.39 is 0 Å². The molecule has 0 spiro atoms. The highest BCUT2D eigenvalue weighted by Crippen LogP contribution is 2.16. The topological polar surface area (TPSA) is 35.8 Å². The van der Waals surface area contributed by atoms with Crippen molar-refractivity contribution in [1.82, 2.24) is 11.3 Å². The van der Waals surface area contributed by atoms with E-state index in [0.717, 1.165) is 0 Å². The molecule has 0 bridgehead atoms. The predicted molar refractivity (Wildman–Crippen MR) is 28.5 cm³/mol. The van der Waals surface area contributed by atoms with Crippen molar-refractivity contribution in [3.63, 3.8) is 0 Å². The molecule has 41 valence electrons. The van der Waals surface area contributed by atoms with Gasteiger partial charge in [-0.15, -0.1) is 0 Å². The van der Waals surface area contributed by atoms with Crippen LogP contribution in [0.1, 0.15) is 25.7 Å². The molecular formula is C5H11N2. The molecule has 0 saturated heterocycles. The van der Waals surface area contributed by atoms with Crippen LogP contribution < -0.4 is 11.3 Å². The van der Waals surface area contributed by atoms with Gasteiger partial charge in [-0.3, -0.25) is 0 Å². The van der Waals surface area contributed by atoms with Crippen molar-refractivity contribution in [1.29, 1.82) is 0 Å². The third kappa shape index (κ3) is 1.14. The Labute approximate surface area is 44.1 Å². The zero-order valence-corrected chi connectivity index (χ0v) is 4.41. The summed E-state index contributed by atoms with van der Waals surface area (Å²) in [6.07, 6.45) is 5.06. The van der Waals surface area contributed by atoms with Crippen molar-refractivity contribution in [2.24, 2.45) is 0 Å². The lowest BCUT2D eigenvalue weighted by atomic mass is 10.3. The molecule has 1 rings (SSSR count). The molecule has 1 radical (unpaired) electrons. The molecule has 7 heavy (non-hydrogen) atoms. The zero-order valence-electron chi connectivity index (χ0n) is 4.41. The third-order valence-corrected chi connectivity index (χ3v) is 1.56. The molecule has 0 aliphatic heterocycles. The number of hydrogen-bond donors (Lipinski definition) is 1. The Hall–Kier alpha value is -0.0800. The quantitative estimate of drug-likeness (QED) is 0.483. The molecule has 1 aliphatic rings. The highest BCUT2D eigenvalue weighted by atomic mass is 15.2. The van der Waals surface area contributed by atoms with Gasteiger partial charge in [0.1, 0.15) is 0 Å². The fraction of sp³-hybridized carbons (Fsp3) is 1.00. The lowest BCUT2D eigenvalue weighted by Gasteiger charge is -2.01. The summed E-state index contributed by atoms with van der Waals surface area (Å²) >= 11 is 0. The molecule has 1 aliphatic carbocycles. The molecule has 0 heterocycles. The van der Waals surface area contributed by atoms with Gasteiger partial charge in [-0.2, -0.15) is 5.84 Å². The smallest absolute Gasteiger partial charge is 0.0226 e. The minimum Gasteiger partial charge on any atom is -0.240 e. The average Bonchev–Trinajstić information content (AvgIpc) is 2.14. The number of rotatable bonds is 1. The average molecular weight is 99.2 g/mol. The van der Waals surface area contributed by atoms with E-state index in [4.69, 9.17) is 5.84 Å². The Morgan fingerprint density at radius 3 is 2.14 bits per heavy atom. The second kappa shape index (κ2) is 2.28. The number of hydrogen-bond acceptors (Lipinski definition) is 1. The summed E-state index contributed by atoms with van der Waals surface area (Å²) in [5.41, 5.74) is 2.51. The molecule has 2 nitrogen and oxygen atoms in total. The maximum atomic E-state index is 6.75. The third-order valence-electron chi connectivity index (χ3n) is 1.56. The van der Waals surface area contributed by atoms with Gasteiger partial charge in [-0.1, -0.05) is 12.8 Å². The molecule has 0 amide bonds. The van der Waals surface area contributed by atoms with Crippen LogP contribution in [-0.4, -0.2) is 6.04 Å². The van der Waals surface area contributed by atoms with E-state index in [2.05, 4.69) is 5.43 Å². The molecule has 0 aromatic rings.